The van der Waals surface area contributed by atoms with E-state index in [4.69, 9.17) is 5.73 Å². The van der Waals surface area contributed by atoms with Gasteiger partial charge in [0.05, 0.1) is 6.33 Å². The Balaban J connectivity index is 2.16. The summed E-state index contributed by atoms with van der Waals surface area (Å²) < 4.78 is 0. The third-order valence-corrected chi connectivity index (χ3v) is 3.18. The third-order valence-electron chi connectivity index (χ3n) is 3.18. The summed E-state index contributed by atoms with van der Waals surface area (Å²) >= 11 is 0. The van der Waals surface area contributed by atoms with Crippen LogP contribution in [0.4, 0.5) is 11.5 Å². The van der Waals surface area contributed by atoms with E-state index in [0.29, 0.717) is 11.7 Å². The molecule has 17 heavy (non-hydrogen) atoms. The van der Waals surface area contributed by atoms with Crippen molar-refractivity contribution in [1.82, 2.24) is 15.3 Å². The Hall–Kier alpha value is -1.56. The van der Waals surface area contributed by atoms with Gasteiger partial charge < -0.3 is 20.9 Å². The van der Waals surface area contributed by atoms with Crippen LogP contribution >= 0.6 is 0 Å². The predicted molar refractivity (Wildman–Crippen MR) is 68.1 cm³/mol. The lowest BCUT2D eigenvalue weighted by Gasteiger charge is -2.33. The largest absolute Gasteiger partial charge is 0.391 e. The second-order valence-electron chi connectivity index (χ2n) is 4.48. The van der Waals surface area contributed by atoms with Gasteiger partial charge in [-0.1, -0.05) is 0 Å². The van der Waals surface area contributed by atoms with Crippen molar-refractivity contribution in [3.8, 4) is 0 Å². The summed E-state index contributed by atoms with van der Waals surface area (Å²) in [6.45, 7) is 2.81. The first kappa shape index (κ1) is 11.9. The number of anilines is 2. The van der Waals surface area contributed by atoms with Gasteiger partial charge >= 0.3 is 0 Å². The van der Waals surface area contributed by atoms with E-state index in [1.807, 2.05) is 7.05 Å². The Kier molecular flexibility index (Phi) is 3.63. The Morgan fingerprint density at radius 1 is 1.71 bits per heavy atom. The highest BCUT2D eigenvalue weighted by Gasteiger charge is 2.22. The van der Waals surface area contributed by atoms with Crippen LogP contribution in [0.15, 0.2) is 11.1 Å². The van der Waals surface area contributed by atoms with E-state index in [1.54, 1.807) is 0 Å². The topological polar surface area (TPSA) is 87.0 Å². The number of nitrogens with one attached hydrogen (secondary N) is 2. The summed E-state index contributed by atoms with van der Waals surface area (Å²) in [6.07, 6.45) is 3.73. The van der Waals surface area contributed by atoms with E-state index < -0.39 is 0 Å². The van der Waals surface area contributed by atoms with Crippen LogP contribution in [0.2, 0.25) is 0 Å². The SMILES string of the molecule is CNCC1CCCN(c2nc[nH]c(=O)c2N)C1. The van der Waals surface area contributed by atoms with Crippen molar-refractivity contribution in [2.75, 3.05) is 37.3 Å². The van der Waals surface area contributed by atoms with E-state index in [1.165, 1.54) is 12.7 Å². The lowest BCUT2D eigenvalue weighted by Crippen LogP contribution is -2.40. The summed E-state index contributed by atoms with van der Waals surface area (Å²) in [4.78, 5) is 20.2. The first-order chi connectivity index (χ1) is 8.22. The molecule has 0 aromatic carbocycles. The number of hydrogen-bond acceptors (Lipinski definition) is 5. The monoisotopic (exact) mass is 237 g/mol. The maximum absolute atomic E-state index is 11.4. The van der Waals surface area contributed by atoms with Gasteiger partial charge in [-0.2, -0.15) is 0 Å². The van der Waals surface area contributed by atoms with Crippen molar-refractivity contribution in [1.29, 1.82) is 0 Å². The van der Waals surface area contributed by atoms with Gasteiger partial charge in [-0.3, -0.25) is 4.79 Å². The Bertz CT molecular complexity index is 428. The van der Waals surface area contributed by atoms with E-state index in [2.05, 4.69) is 20.2 Å². The molecule has 94 valence electrons. The minimum atomic E-state index is -0.259. The third kappa shape index (κ3) is 2.58. The second kappa shape index (κ2) is 5.18. The number of piperidine rings is 1. The smallest absolute Gasteiger partial charge is 0.276 e. The molecule has 1 aliphatic heterocycles. The number of aromatic amines is 1. The number of rotatable bonds is 3. The first-order valence-corrected chi connectivity index (χ1v) is 5.95. The molecule has 4 N–H and O–H groups in total. The molecule has 1 aliphatic rings. The van der Waals surface area contributed by atoms with Crippen LogP contribution in [0.5, 0.6) is 0 Å². The van der Waals surface area contributed by atoms with Crippen LogP contribution in [0.3, 0.4) is 0 Å². The van der Waals surface area contributed by atoms with Gasteiger partial charge in [0.15, 0.2) is 5.82 Å². The van der Waals surface area contributed by atoms with Gasteiger partial charge in [0.25, 0.3) is 5.56 Å². The van der Waals surface area contributed by atoms with Crippen LogP contribution < -0.4 is 21.5 Å². The zero-order chi connectivity index (χ0) is 12.3. The second-order valence-corrected chi connectivity index (χ2v) is 4.48. The van der Waals surface area contributed by atoms with E-state index in [9.17, 15) is 4.79 Å². The van der Waals surface area contributed by atoms with Gasteiger partial charge in [0.2, 0.25) is 0 Å². The molecule has 1 aromatic rings. The molecule has 1 atom stereocenters. The maximum atomic E-state index is 11.4. The maximum Gasteiger partial charge on any atom is 0.276 e. The predicted octanol–water partition coefficient (Wildman–Crippen LogP) is -0.212. The molecule has 2 rings (SSSR count). The van der Waals surface area contributed by atoms with Crippen molar-refractivity contribution < 1.29 is 0 Å². The Morgan fingerprint density at radius 2 is 2.53 bits per heavy atom. The minimum absolute atomic E-state index is 0.220. The number of nitrogens with two attached hydrogens (primary N) is 1. The van der Waals surface area contributed by atoms with Crippen LogP contribution in [-0.4, -0.2) is 36.6 Å². The zero-order valence-electron chi connectivity index (χ0n) is 10.1. The lowest BCUT2D eigenvalue weighted by atomic mass is 9.98. The van der Waals surface area contributed by atoms with Gasteiger partial charge in [0.1, 0.15) is 5.69 Å². The van der Waals surface area contributed by atoms with Crippen molar-refractivity contribution in [3.63, 3.8) is 0 Å². The highest BCUT2D eigenvalue weighted by molar-refractivity contribution is 5.60. The van der Waals surface area contributed by atoms with Crippen molar-refractivity contribution >= 4 is 11.5 Å². The van der Waals surface area contributed by atoms with Gasteiger partial charge in [-0.05, 0) is 32.4 Å². The standard InChI is InChI=1S/C11H19N5O/c1-13-5-8-3-2-4-16(6-8)10-9(12)11(17)15-7-14-10/h7-8,13H,2-6,12H2,1H3,(H,14,15,17). The normalized spacial score (nSPS) is 20.5. The molecule has 0 bridgehead atoms. The average molecular weight is 237 g/mol. The lowest BCUT2D eigenvalue weighted by molar-refractivity contribution is 0.401. The Labute approximate surface area is 100 Å². The molecule has 6 heteroatoms. The number of nitrogen functional groups attached to an aromatic ring is 1. The fraction of sp³-hybridized carbons (Fsp3) is 0.636. The molecule has 0 aliphatic carbocycles. The van der Waals surface area contributed by atoms with E-state index >= 15 is 0 Å². The summed E-state index contributed by atoms with van der Waals surface area (Å²) in [5.41, 5.74) is 5.73. The van der Waals surface area contributed by atoms with E-state index in [-0.39, 0.29) is 11.2 Å². The van der Waals surface area contributed by atoms with Crippen LogP contribution in [0.25, 0.3) is 0 Å². The van der Waals surface area contributed by atoms with Crippen molar-refractivity contribution in [3.05, 3.63) is 16.7 Å². The molecule has 6 nitrogen and oxygen atoms in total. The molecule has 1 fully saturated rings. The number of H-pyrrole nitrogens is 1. The molecule has 0 amide bonds. The van der Waals surface area contributed by atoms with Crippen molar-refractivity contribution in [2.24, 2.45) is 5.92 Å². The fourth-order valence-corrected chi connectivity index (χ4v) is 2.37. The first-order valence-electron chi connectivity index (χ1n) is 5.95. The molecular formula is C11H19N5O. The molecule has 2 heterocycles. The molecule has 1 unspecified atom stereocenters. The quantitative estimate of drug-likeness (QED) is 0.677. The minimum Gasteiger partial charge on any atom is -0.391 e. The van der Waals surface area contributed by atoms with Crippen LogP contribution in [-0.2, 0) is 0 Å². The van der Waals surface area contributed by atoms with Gasteiger partial charge in [-0.15, -0.1) is 0 Å². The zero-order valence-corrected chi connectivity index (χ0v) is 10.1. The van der Waals surface area contributed by atoms with Crippen LogP contribution in [0.1, 0.15) is 12.8 Å². The molecular weight excluding hydrogens is 218 g/mol. The molecule has 1 saturated heterocycles. The molecule has 0 spiro atoms. The number of aromatic nitrogens is 2. The molecule has 0 radical (unpaired) electrons. The van der Waals surface area contributed by atoms with Gasteiger partial charge in [-0.25, -0.2) is 4.98 Å². The summed E-state index contributed by atoms with van der Waals surface area (Å²) in [7, 11) is 1.96. The van der Waals surface area contributed by atoms with Crippen LogP contribution in [0, 0.1) is 5.92 Å². The average Bonchev–Trinajstić information content (AvgIpc) is 2.33. The highest BCUT2D eigenvalue weighted by Crippen LogP contribution is 2.23. The Morgan fingerprint density at radius 3 is 3.29 bits per heavy atom. The summed E-state index contributed by atoms with van der Waals surface area (Å²) in [6, 6.07) is 0. The van der Waals surface area contributed by atoms with Gasteiger partial charge in [0, 0.05) is 13.1 Å². The van der Waals surface area contributed by atoms with E-state index in [0.717, 1.165) is 26.1 Å². The fourth-order valence-electron chi connectivity index (χ4n) is 2.37. The summed E-state index contributed by atoms with van der Waals surface area (Å²) in [5.74, 6) is 1.21. The molecule has 0 saturated carbocycles. The number of nitrogens with zero attached hydrogens (tertiary/aromatic N) is 2. The highest BCUT2D eigenvalue weighted by atomic mass is 16.1. The number of hydrogen-bond donors (Lipinski definition) is 3. The molecule has 1 aromatic heterocycles. The van der Waals surface area contributed by atoms with Crippen molar-refractivity contribution in [2.45, 2.75) is 12.8 Å². The summed E-state index contributed by atoms with van der Waals surface area (Å²) in [5, 5.41) is 3.19.